The van der Waals surface area contributed by atoms with Crippen molar-refractivity contribution >= 4 is 27.5 Å². The number of halogens is 1. The number of carbonyl (C=O) groups excluding carboxylic acids is 1. The van der Waals surface area contributed by atoms with Crippen molar-refractivity contribution < 1.29 is 13.2 Å². The number of hydrogen-bond donors (Lipinski definition) is 2. The van der Waals surface area contributed by atoms with Crippen LogP contribution in [-0.4, -0.2) is 38.5 Å². The van der Waals surface area contributed by atoms with Crippen LogP contribution in [0, 0.1) is 0 Å². The maximum atomic E-state index is 11.6. The van der Waals surface area contributed by atoms with Gasteiger partial charge in [-0.05, 0) is 26.2 Å². The summed E-state index contributed by atoms with van der Waals surface area (Å²) in [6, 6.07) is -0.734. The lowest BCUT2D eigenvalue weighted by Crippen LogP contribution is -2.45. The van der Waals surface area contributed by atoms with Crippen LogP contribution in [0.1, 0.15) is 33.1 Å². The molecule has 0 aromatic heterocycles. The third-order valence-corrected chi connectivity index (χ3v) is 3.90. The van der Waals surface area contributed by atoms with Crippen LogP contribution in [-0.2, 0) is 14.8 Å². The molecule has 0 aromatic carbocycles. The van der Waals surface area contributed by atoms with Crippen LogP contribution in [0.3, 0.4) is 0 Å². The van der Waals surface area contributed by atoms with Crippen molar-refractivity contribution in [2.75, 3.05) is 18.2 Å². The van der Waals surface area contributed by atoms with Gasteiger partial charge in [0.1, 0.15) is 0 Å². The summed E-state index contributed by atoms with van der Waals surface area (Å²) in [5.74, 6) is 0.153. The standard InChI is InChI=1S/C10H21ClN2O3S/c1-3-7-12-10(14)9(2)13-17(15,16)8-5-4-6-11/h9,13H,3-8H2,1-2H3,(H,12,14). The molecule has 0 saturated carbocycles. The van der Waals surface area contributed by atoms with Crippen molar-refractivity contribution in [3.8, 4) is 0 Å². The molecule has 0 aliphatic heterocycles. The fraction of sp³-hybridized carbons (Fsp3) is 0.900. The first-order chi connectivity index (χ1) is 7.93. The van der Waals surface area contributed by atoms with E-state index in [1.807, 2.05) is 6.92 Å². The lowest BCUT2D eigenvalue weighted by molar-refractivity contribution is -0.122. The van der Waals surface area contributed by atoms with E-state index < -0.39 is 16.1 Å². The number of carbonyl (C=O) groups is 1. The second-order valence-electron chi connectivity index (χ2n) is 3.85. The monoisotopic (exact) mass is 284 g/mol. The van der Waals surface area contributed by atoms with E-state index in [0.29, 0.717) is 25.3 Å². The van der Waals surface area contributed by atoms with E-state index in [9.17, 15) is 13.2 Å². The summed E-state index contributed by atoms with van der Waals surface area (Å²) >= 11 is 5.46. The Bertz CT molecular complexity index is 320. The molecule has 2 N–H and O–H groups in total. The van der Waals surface area contributed by atoms with Gasteiger partial charge in [-0.25, -0.2) is 13.1 Å². The molecule has 0 spiro atoms. The molecule has 0 aliphatic carbocycles. The molecule has 17 heavy (non-hydrogen) atoms. The second kappa shape index (κ2) is 8.72. The second-order valence-corrected chi connectivity index (χ2v) is 6.10. The highest BCUT2D eigenvalue weighted by molar-refractivity contribution is 7.89. The van der Waals surface area contributed by atoms with Crippen LogP contribution in [0.2, 0.25) is 0 Å². The van der Waals surface area contributed by atoms with Gasteiger partial charge in [-0.15, -0.1) is 11.6 Å². The molecule has 0 aliphatic rings. The molecular formula is C10H21ClN2O3S. The van der Waals surface area contributed by atoms with Crippen molar-refractivity contribution in [1.82, 2.24) is 10.0 Å². The van der Waals surface area contributed by atoms with Crippen molar-refractivity contribution in [3.05, 3.63) is 0 Å². The number of nitrogens with one attached hydrogen (secondary N) is 2. The maximum Gasteiger partial charge on any atom is 0.237 e. The highest BCUT2D eigenvalue weighted by atomic mass is 35.5. The smallest absolute Gasteiger partial charge is 0.237 e. The molecule has 1 amide bonds. The summed E-state index contributed by atoms with van der Waals surface area (Å²) in [4.78, 5) is 11.5. The Morgan fingerprint density at radius 1 is 1.35 bits per heavy atom. The maximum absolute atomic E-state index is 11.6. The van der Waals surface area contributed by atoms with Gasteiger partial charge in [0.05, 0.1) is 11.8 Å². The molecule has 0 saturated heterocycles. The van der Waals surface area contributed by atoms with Crippen molar-refractivity contribution in [2.24, 2.45) is 0 Å². The van der Waals surface area contributed by atoms with Gasteiger partial charge in [0.25, 0.3) is 0 Å². The SMILES string of the molecule is CCCNC(=O)C(C)NS(=O)(=O)CCCCCl. The van der Waals surface area contributed by atoms with Gasteiger partial charge < -0.3 is 5.32 Å². The minimum absolute atomic E-state index is 0.00508. The normalized spacial score (nSPS) is 13.4. The Kier molecular flexibility index (Phi) is 8.55. The number of sulfonamides is 1. The van der Waals surface area contributed by atoms with E-state index in [2.05, 4.69) is 10.0 Å². The molecule has 0 rings (SSSR count). The first kappa shape index (κ1) is 16.7. The summed E-state index contributed by atoms with van der Waals surface area (Å²) in [5.41, 5.74) is 0. The summed E-state index contributed by atoms with van der Waals surface area (Å²) in [6.07, 6.45) is 1.97. The minimum atomic E-state index is -3.39. The number of amides is 1. The molecule has 0 bridgehead atoms. The average Bonchev–Trinajstić information content (AvgIpc) is 2.25. The molecular weight excluding hydrogens is 264 g/mol. The Labute approximate surface area is 108 Å². The third kappa shape index (κ3) is 8.40. The highest BCUT2D eigenvalue weighted by Gasteiger charge is 2.19. The van der Waals surface area contributed by atoms with E-state index in [1.165, 1.54) is 6.92 Å². The topological polar surface area (TPSA) is 75.3 Å². The molecule has 7 heteroatoms. The number of unbranched alkanes of at least 4 members (excludes halogenated alkanes) is 1. The van der Waals surface area contributed by atoms with Gasteiger partial charge in [0.2, 0.25) is 15.9 Å². The van der Waals surface area contributed by atoms with Gasteiger partial charge in [0, 0.05) is 12.4 Å². The van der Waals surface area contributed by atoms with E-state index in [0.717, 1.165) is 6.42 Å². The molecule has 1 atom stereocenters. The van der Waals surface area contributed by atoms with Crippen molar-refractivity contribution in [3.63, 3.8) is 0 Å². The van der Waals surface area contributed by atoms with E-state index >= 15 is 0 Å². The van der Waals surface area contributed by atoms with Crippen LogP contribution in [0.5, 0.6) is 0 Å². The summed E-state index contributed by atoms with van der Waals surface area (Å²) in [5, 5.41) is 2.63. The molecule has 0 aromatic rings. The first-order valence-electron chi connectivity index (χ1n) is 5.76. The largest absolute Gasteiger partial charge is 0.355 e. The van der Waals surface area contributed by atoms with Crippen LogP contribution >= 0.6 is 11.6 Å². The third-order valence-electron chi connectivity index (χ3n) is 2.10. The number of alkyl halides is 1. The van der Waals surface area contributed by atoms with E-state index in [-0.39, 0.29) is 11.7 Å². The number of hydrogen-bond acceptors (Lipinski definition) is 3. The van der Waals surface area contributed by atoms with Gasteiger partial charge in [-0.2, -0.15) is 0 Å². The predicted molar refractivity (Wildman–Crippen MR) is 69.6 cm³/mol. The highest BCUT2D eigenvalue weighted by Crippen LogP contribution is 1.98. The molecule has 102 valence electrons. The van der Waals surface area contributed by atoms with E-state index in [1.54, 1.807) is 0 Å². The fourth-order valence-corrected chi connectivity index (χ4v) is 2.71. The number of rotatable bonds is 9. The molecule has 5 nitrogen and oxygen atoms in total. The van der Waals surface area contributed by atoms with Crippen LogP contribution in [0.25, 0.3) is 0 Å². The molecule has 0 heterocycles. The molecule has 0 fully saturated rings. The van der Waals surface area contributed by atoms with E-state index in [4.69, 9.17) is 11.6 Å². The quantitative estimate of drug-likeness (QED) is 0.487. The Hall–Kier alpha value is -0.330. The van der Waals surface area contributed by atoms with Gasteiger partial charge in [-0.3, -0.25) is 4.79 Å². The van der Waals surface area contributed by atoms with Crippen molar-refractivity contribution in [2.45, 2.75) is 39.2 Å². The minimum Gasteiger partial charge on any atom is -0.355 e. The average molecular weight is 285 g/mol. The van der Waals surface area contributed by atoms with Crippen molar-refractivity contribution in [1.29, 1.82) is 0 Å². The zero-order valence-corrected chi connectivity index (χ0v) is 11.9. The van der Waals surface area contributed by atoms with Crippen LogP contribution in [0.15, 0.2) is 0 Å². The Balaban J connectivity index is 4.08. The summed E-state index contributed by atoms with van der Waals surface area (Å²) in [7, 11) is -3.39. The zero-order valence-electron chi connectivity index (χ0n) is 10.3. The lowest BCUT2D eigenvalue weighted by Gasteiger charge is -2.13. The molecule has 1 unspecified atom stereocenters. The lowest BCUT2D eigenvalue weighted by atomic mass is 10.3. The van der Waals surface area contributed by atoms with Gasteiger partial charge in [-0.1, -0.05) is 6.92 Å². The predicted octanol–water partition coefficient (Wildman–Crippen LogP) is 0.839. The van der Waals surface area contributed by atoms with Gasteiger partial charge in [0.15, 0.2) is 0 Å². The molecule has 0 radical (unpaired) electrons. The Morgan fingerprint density at radius 3 is 2.53 bits per heavy atom. The van der Waals surface area contributed by atoms with Gasteiger partial charge >= 0.3 is 0 Å². The Morgan fingerprint density at radius 2 is 2.00 bits per heavy atom. The van der Waals surface area contributed by atoms with Crippen LogP contribution in [0.4, 0.5) is 0 Å². The summed E-state index contributed by atoms with van der Waals surface area (Å²) < 4.78 is 25.5. The first-order valence-corrected chi connectivity index (χ1v) is 7.95. The van der Waals surface area contributed by atoms with Crippen LogP contribution < -0.4 is 10.0 Å². The summed E-state index contributed by atoms with van der Waals surface area (Å²) in [6.45, 7) is 4.02. The zero-order chi connectivity index (χ0) is 13.3. The fourth-order valence-electron chi connectivity index (χ4n) is 1.17.